The lowest BCUT2D eigenvalue weighted by atomic mass is 10.0. The SMILES string of the molecule is C=CCNC(=O)[C@H](c1ccccc1)N(Cc1ccccc1)C(C)=O. The Bertz CT molecular complexity index is 683. The van der Waals surface area contributed by atoms with Gasteiger partial charge in [0.05, 0.1) is 0 Å². The van der Waals surface area contributed by atoms with Gasteiger partial charge in [0.25, 0.3) is 0 Å². The van der Waals surface area contributed by atoms with Crippen LogP contribution in [0.5, 0.6) is 0 Å². The summed E-state index contributed by atoms with van der Waals surface area (Å²) < 4.78 is 0. The zero-order chi connectivity index (χ0) is 17.4. The molecule has 2 aromatic rings. The third-order valence-electron chi connectivity index (χ3n) is 3.70. The van der Waals surface area contributed by atoms with Gasteiger partial charge in [-0.1, -0.05) is 66.7 Å². The van der Waals surface area contributed by atoms with E-state index in [1.54, 1.807) is 11.0 Å². The Kier molecular flexibility index (Phi) is 6.32. The fraction of sp³-hybridized carbons (Fsp3) is 0.200. The molecule has 124 valence electrons. The van der Waals surface area contributed by atoms with Gasteiger partial charge in [-0.2, -0.15) is 0 Å². The van der Waals surface area contributed by atoms with Crippen LogP contribution in [0.15, 0.2) is 73.3 Å². The zero-order valence-electron chi connectivity index (χ0n) is 13.8. The van der Waals surface area contributed by atoms with E-state index in [-0.39, 0.29) is 11.8 Å². The van der Waals surface area contributed by atoms with Gasteiger partial charge in [-0.3, -0.25) is 9.59 Å². The molecule has 1 N–H and O–H groups in total. The third-order valence-corrected chi connectivity index (χ3v) is 3.70. The number of carbonyl (C=O) groups is 2. The lowest BCUT2D eigenvalue weighted by Gasteiger charge is -2.30. The Labute approximate surface area is 142 Å². The predicted octanol–water partition coefficient (Wildman–Crippen LogP) is 3.08. The number of hydrogen-bond donors (Lipinski definition) is 1. The molecular formula is C20H22N2O2. The highest BCUT2D eigenvalue weighted by Gasteiger charge is 2.29. The van der Waals surface area contributed by atoms with Crippen molar-refractivity contribution in [3.63, 3.8) is 0 Å². The molecule has 0 aliphatic carbocycles. The van der Waals surface area contributed by atoms with Crippen molar-refractivity contribution < 1.29 is 9.59 Å². The molecule has 24 heavy (non-hydrogen) atoms. The molecule has 0 bridgehead atoms. The maximum absolute atomic E-state index is 12.7. The summed E-state index contributed by atoms with van der Waals surface area (Å²) in [5.41, 5.74) is 1.76. The molecule has 4 nitrogen and oxygen atoms in total. The first-order valence-corrected chi connectivity index (χ1v) is 7.88. The van der Waals surface area contributed by atoms with E-state index in [0.29, 0.717) is 13.1 Å². The quantitative estimate of drug-likeness (QED) is 0.797. The molecule has 1 atom stereocenters. The van der Waals surface area contributed by atoms with Crippen molar-refractivity contribution >= 4 is 11.8 Å². The van der Waals surface area contributed by atoms with Crippen LogP contribution in [0.1, 0.15) is 24.1 Å². The standard InChI is InChI=1S/C20H22N2O2/c1-3-14-21-20(24)19(18-12-8-5-9-13-18)22(16(2)23)15-17-10-6-4-7-11-17/h3-13,19H,1,14-15H2,2H3,(H,21,24)/t19-/m0/s1. The van der Waals surface area contributed by atoms with Crippen molar-refractivity contribution in [3.05, 3.63) is 84.4 Å². The van der Waals surface area contributed by atoms with Gasteiger partial charge < -0.3 is 10.2 Å². The van der Waals surface area contributed by atoms with E-state index in [9.17, 15) is 9.59 Å². The van der Waals surface area contributed by atoms with E-state index >= 15 is 0 Å². The minimum absolute atomic E-state index is 0.151. The number of nitrogens with zero attached hydrogens (tertiary/aromatic N) is 1. The van der Waals surface area contributed by atoms with Gasteiger partial charge in [0, 0.05) is 20.0 Å². The molecule has 0 saturated heterocycles. The van der Waals surface area contributed by atoms with Crippen LogP contribution < -0.4 is 5.32 Å². The Balaban J connectivity index is 2.35. The zero-order valence-corrected chi connectivity index (χ0v) is 13.8. The molecule has 0 radical (unpaired) electrons. The lowest BCUT2D eigenvalue weighted by Crippen LogP contribution is -2.42. The molecule has 4 heteroatoms. The van der Waals surface area contributed by atoms with Crippen molar-refractivity contribution in [1.82, 2.24) is 10.2 Å². The largest absolute Gasteiger partial charge is 0.351 e. The average molecular weight is 322 g/mol. The van der Waals surface area contributed by atoms with Gasteiger partial charge in [-0.05, 0) is 11.1 Å². The van der Waals surface area contributed by atoms with Crippen LogP contribution >= 0.6 is 0 Å². The summed E-state index contributed by atoms with van der Waals surface area (Å²) >= 11 is 0. The normalized spacial score (nSPS) is 11.4. The van der Waals surface area contributed by atoms with Gasteiger partial charge in [-0.15, -0.1) is 6.58 Å². The van der Waals surface area contributed by atoms with Crippen molar-refractivity contribution in [2.24, 2.45) is 0 Å². The number of amides is 2. The Morgan fingerprint density at radius 3 is 2.21 bits per heavy atom. The van der Waals surface area contributed by atoms with E-state index in [1.165, 1.54) is 6.92 Å². The lowest BCUT2D eigenvalue weighted by molar-refractivity contribution is -0.139. The maximum atomic E-state index is 12.7. The van der Waals surface area contributed by atoms with Crippen molar-refractivity contribution in [3.8, 4) is 0 Å². The van der Waals surface area contributed by atoms with Crippen LogP contribution in [-0.2, 0) is 16.1 Å². The molecular weight excluding hydrogens is 300 g/mol. The second-order valence-corrected chi connectivity index (χ2v) is 5.48. The maximum Gasteiger partial charge on any atom is 0.247 e. The highest BCUT2D eigenvalue weighted by molar-refractivity contribution is 5.88. The molecule has 0 aliphatic rings. The Hall–Kier alpha value is -2.88. The number of hydrogen-bond acceptors (Lipinski definition) is 2. The molecule has 0 heterocycles. The van der Waals surface area contributed by atoms with Gasteiger partial charge in [0.15, 0.2) is 0 Å². The van der Waals surface area contributed by atoms with Crippen LogP contribution in [0, 0.1) is 0 Å². The molecule has 0 aromatic heterocycles. The fourth-order valence-electron chi connectivity index (χ4n) is 2.54. The van der Waals surface area contributed by atoms with Crippen LogP contribution in [0.2, 0.25) is 0 Å². The van der Waals surface area contributed by atoms with Gasteiger partial charge >= 0.3 is 0 Å². The summed E-state index contributed by atoms with van der Waals surface area (Å²) in [6, 6.07) is 18.3. The average Bonchev–Trinajstić information content (AvgIpc) is 2.61. The molecule has 0 fully saturated rings. The number of benzene rings is 2. The number of nitrogens with one attached hydrogen (secondary N) is 1. The van der Waals surface area contributed by atoms with E-state index in [2.05, 4.69) is 11.9 Å². The van der Waals surface area contributed by atoms with E-state index in [4.69, 9.17) is 0 Å². The summed E-state index contributed by atoms with van der Waals surface area (Å²) in [5.74, 6) is -0.367. The monoisotopic (exact) mass is 322 g/mol. The van der Waals surface area contributed by atoms with Gasteiger partial charge in [0.2, 0.25) is 11.8 Å². The van der Waals surface area contributed by atoms with Crippen LogP contribution in [-0.4, -0.2) is 23.3 Å². The number of rotatable bonds is 7. The molecule has 2 amide bonds. The van der Waals surface area contributed by atoms with Gasteiger partial charge in [0.1, 0.15) is 6.04 Å². The van der Waals surface area contributed by atoms with Crippen LogP contribution in [0.25, 0.3) is 0 Å². The van der Waals surface area contributed by atoms with Crippen molar-refractivity contribution in [2.45, 2.75) is 19.5 Å². The smallest absolute Gasteiger partial charge is 0.247 e. The minimum Gasteiger partial charge on any atom is -0.351 e. The summed E-state index contributed by atoms with van der Waals surface area (Å²) in [6.45, 7) is 5.84. The van der Waals surface area contributed by atoms with Crippen LogP contribution in [0.4, 0.5) is 0 Å². The molecule has 0 spiro atoms. The Morgan fingerprint density at radius 2 is 1.67 bits per heavy atom. The summed E-state index contributed by atoms with van der Waals surface area (Å²) in [6.07, 6.45) is 1.62. The molecule has 2 rings (SSSR count). The first kappa shape index (κ1) is 17.5. The summed E-state index contributed by atoms with van der Waals surface area (Å²) in [7, 11) is 0. The van der Waals surface area contributed by atoms with E-state index in [1.807, 2.05) is 60.7 Å². The molecule has 2 aromatic carbocycles. The van der Waals surface area contributed by atoms with E-state index in [0.717, 1.165) is 11.1 Å². The fourth-order valence-corrected chi connectivity index (χ4v) is 2.54. The molecule has 0 saturated carbocycles. The number of carbonyl (C=O) groups excluding carboxylic acids is 2. The molecule has 0 aliphatic heterocycles. The summed E-state index contributed by atoms with van der Waals surface area (Å²) in [5, 5.41) is 2.80. The first-order chi connectivity index (χ1) is 11.6. The van der Waals surface area contributed by atoms with E-state index < -0.39 is 6.04 Å². The minimum atomic E-state index is -0.677. The van der Waals surface area contributed by atoms with Gasteiger partial charge in [-0.25, -0.2) is 0 Å². The first-order valence-electron chi connectivity index (χ1n) is 7.88. The van der Waals surface area contributed by atoms with Crippen molar-refractivity contribution in [1.29, 1.82) is 0 Å². The highest BCUT2D eigenvalue weighted by atomic mass is 16.2. The third kappa shape index (κ3) is 4.56. The second-order valence-electron chi connectivity index (χ2n) is 5.48. The second kappa shape index (κ2) is 8.67. The molecule has 0 unspecified atom stereocenters. The predicted molar refractivity (Wildman–Crippen MR) is 95.1 cm³/mol. The van der Waals surface area contributed by atoms with Crippen LogP contribution in [0.3, 0.4) is 0 Å². The Morgan fingerprint density at radius 1 is 1.08 bits per heavy atom. The highest BCUT2D eigenvalue weighted by Crippen LogP contribution is 2.23. The summed E-state index contributed by atoms with van der Waals surface area (Å²) in [4.78, 5) is 26.5. The van der Waals surface area contributed by atoms with Crippen molar-refractivity contribution in [2.75, 3.05) is 6.54 Å². The topological polar surface area (TPSA) is 49.4 Å².